The summed E-state index contributed by atoms with van der Waals surface area (Å²) in [6, 6.07) is 16.2. The Kier molecular flexibility index (Phi) is 3.90. The van der Waals surface area contributed by atoms with Gasteiger partial charge < -0.3 is 4.42 Å². The van der Waals surface area contributed by atoms with Crippen molar-refractivity contribution in [2.24, 2.45) is 5.14 Å². The van der Waals surface area contributed by atoms with Crippen LogP contribution in [0.5, 0.6) is 0 Å². The zero-order chi connectivity index (χ0) is 15.7. The van der Waals surface area contributed by atoms with Gasteiger partial charge in [-0.2, -0.15) is 0 Å². The minimum atomic E-state index is -3.69. The number of hydrogen-bond donors (Lipinski definition) is 1. The molecule has 6 heteroatoms. The van der Waals surface area contributed by atoms with E-state index < -0.39 is 10.0 Å². The van der Waals surface area contributed by atoms with Crippen LogP contribution in [0.25, 0.3) is 22.3 Å². The number of nitrogens with two attached hydrogens (primary N) is 1. The van der Waals surface area contributed by atoms with Crippen LogP contribution in [0.1, 0.15) is 0 Å². The van der Waals surface area contributed by atoms with Gasteiger partial charge >= 0.3 is 0 Å². The number of hydrogen-bond acceptors (Lipinski definition) is 3. The highest BCUT2D eigenvalue weighted by atomic mass is 79.9. The van der Waals surface area contributed by atoms with E-state index in [2.05, 4.69) is 15.9 Å². The fourth-order valence-corrected chi connectivity index (χ4v) is 3.30. The molecule has 0 spiro atoms. The Hall–Kier alpha value is -1.89. The average Bonchev–Trinajstić information content (AvgIpc) is 2.89. The van der Waals surface area contributed by atoms with E-state index in [0.717, 1.165) is 22.3 Å². The van der Waals surface area contributed by atoms with E-state index in [1.165, 1.54) is 12.1 Å². The fraction of sp³-hybridized carbons (Fsp3) is 0. The number of rotatable bonds is 3. The molecule has 112 valence electrons. The summed E-state index contributed by atoms with van der Waals surface area (Å²) < 4.78 is 28.8. The largest absolute Gasteiger partial charge is 0.456 e. The van der Waals surface area contributed by atoms with Crippen LogP contribution in [-0.2, 0) is 10.0 Å². The van der Waals surface area contributed by atoms with Crippen LogP contribution in [0.4, 0.5) is 0 Å². The van der Waals surface area contributed by atoms with Crippen LogP contribution in [0, 0.1) is 0 Å². The first-order valence-electron chi connectivity index (χ1n) is 6.42. The monoisotopic (exact) mass is 377 g/mol. The summed E-state index contributed by atoms with van der Waals surface area (Å²) in [6.45, 7) is 0. The van der Waals surface area contributed by atoms with Gasteiger partial charge in [0.2, 0.25) is 10.0 Å². The topological polar surface area (TPSA) is 73.3 Å². The van der Waals surface area contributed by atoms with Crippen molar-refractivity contribution in [1.82, 2.24) is 0 Å². The normalized spacial score (nSPS) is 11.5. The summed E-state index contributed by atoms with van der Waals surface area (Å²) >= 11 is 3.41. The third-order valence-electron chi connectivity index (χ3n) is 3.30. The van der Waals surface area contributed by atoms with Gasteiger partial charge in [-0.15, -0.1) is 0 Å². The van der Waals surface area contributed by atoms with Crippen molar-refractivity contribution >= 4 is 26.0 Å². The molecule has 1 heterocycles. The Morgan fingerprint density at radius 3 is 2.14 bits per heavy atom. The van der Waals surface area contributed by atoms with E-state index in [0.29, 0.717) is 4.67 Å². The van der Waals surface area contributed by atoms with Gasteiger partial charge in [0.1, 0.15) is 6.26 Å². The van der Waals surface area contributed by atoms with Gasteiger partial charge in [0.25, 0.3) is 0 Å². The van der Waals surface area contributed by atoms with Crippen LogP contribution in [-0.4, -0.2) is 8.42 Å². The molecule has 2 aromatic carbocycles. The van der Waals surface area contributed by atoms with E-state index in [1.807, 2.05) is 30.3 Å². The minimum absolute atomic E-state index is 0.0834. The van der Waals surface area contributed by atoms with E-state index in [-0.39, 0.29) is 4.90 Å². The van der Waals surface area contributed by atoms with Gasteiger partial charge in [-0.3, -0.25) is 0 Å². The predicted molar refractivity (Wildman–Crippen MR) is 88.7 cm³/mol. The molecule has 0 aliphatic heterocycles. The van der Waals surface area contributed by atoms with Gasteiger partial charge in [-0.05, 0) is 39.2 Å². The second kappa shape index (κ2) is 5.72. The molecule has 0 bridgehead atoms. The minimum Gasteiger partial charge on any atom is -0.456 e. The second-order valence-electron chi connectivity index (χ2n) is 4.73. The third kappa shape index (κ3) is 2.85. The van der Waals surface area contributed by atoms with E-state index in [9.17, 15) is 8.42 Å². The number of benzene rings is 2. The van der Waals surface area contributed by atoms with Crippen molar-refractivity contribution in [3.05, 3.63) is 65.5 Å². The smallest absolute Gasteiger partial charge is 0.238 e. The van der Waals surface area contributed by atoms with Crippen molar-refractivity contribution in [3.8, 4) is 22.3 Å². The first kappa shape index (κ1) is 15.0. The van der Waals surface area contributed by atoms with Crippen molar-refractivity contribution in [2.75, 3.05) is 0 Å². The molecule has 3 rings (SSSR count). The molecule has 0 atom stereocenters. The zero-order valence-electron chi connectivity index (χ0n) is 11.4. The second-order valence-corrected chi connectivity index (χ2v) is 7.02. The van der Waals surface area contributed by atoms with Gasteiger partial charge in [0.05, 0.1) is 4.90 Å². The third-order valence-corrected chi connectivity index (χ3v) is 4.82. The Bertz CT molecular complexity index is 900. The van der Waals surface area contributed by atoms with Crippen LogP contribution >= 0.6 is 15.9 Å². The summed E-state index contributed by atoms with van der Waals surface area (Å²) in [5.74, 6) is 0. The maximum atomic E-state index is 11.3. The summed E-state index contributed by atoms with van der Waals surface area (Å²) in [5, 5.41) is 5.12. The Balaban J connectivity index is 2.11. The molecule has 0 unspecified atom stereocenters. The van der Waals surface area contributed by atoms with Gasteiger partial charge in [-0.25, -0.2) is 13.6 Å². The zero-order valence-corrected chi connectivity index (χ0v) is 13.8. The molecule has 3 aromatic rings. The molecule has 0 radical (unpaired) electrons. The lowest BCUT2D eigenvalue weighted by atomic mass is 9.99. The Morgan fingerprint density at radius 1 is 0.909 bits per heavy atom. The van der Waals surface area contributed by atoms with E-state index >= 15 is 0 Å². The molecule has 0 fully saturated rings. The molecule has 1 aromatic heterocycles. The van der Waals surface area contributed by atoms with Gasteiger partial charge in [0, 0.05) is 11.1 Å². The van der Waals surface area contributed by atoms with Gasteiger partial charge in [-0.1, -0.05) is 42.5 Å². The van der Waals surface area contributed by atoms with Crippen LogP contribution in [0.15, 0.2) is 74.8 Å². The molecule has 0 aliphatic carbocycles. The highest BCUT2D eigenvalue weighted by molar-refractivity contribution is 9.10. The average molecular weight is 378 g/mol. The highest BCUT2D eigenvalue weighted by Crippen LogP contribution is 2.39. The standard InChI is InChI=1S/C16H12BrNO3S/c17-16-15(12-4-2-1-3-5-12)14(10-21-16)11-6-8-13(9-7-11)22(18,19)20/h1-10H,(H2,18,19,20). The maximum absolute atomic E-state index is 11.3. The van der Waals surface area contributed by atoms with Crippen molar-refractivity contribution in [2.45, 2.75) is 4.90 Å². The fourth-order valence-electron chi connectivity index (χ4n) is 2.24. The predicted octanol–water partition coefficient (Wildman–Crippen LogP) is 4.02. The molecule has 4 nitrogen and oxygen atoms in total. The van der Waals surface area contributed by atoms with Crippen molar-refractivity contribution < 1.29 is 12.8 Å². The molecule has 22 heavy (non-hydrogen) atoms. The molecule has 2 N–H and O–H groups in total. The number of sulfonamides is 1. The molecule has 0 saturated carbocycles. The molecule has 0 amide bonds. The van der Waals surface area contributed by atoms with E-state index in [4.69, 9.17) is 9.56 Å². The first-order valence-corrected chi connectivity index (χ1v) is 8.76. The quantitative estimate of drug-likeness (QED) is 0.748. The van der Waals surface area contributed by atoms with Crippen LogP contribution in [0.3, 0.4) is 0 Å². The summed E-state index contributed by atoms with van der Waals surface area (Å²) in [4.78, 5) is 0.0834. The lowest BCUT2D eigenvalue weighted by molar-refractivity contribution is 0.543. The molecular formula is C16H12BrNO3S. The van der Waals surface area contributed by atoms with Crippen molar-refractivity contribution in [3.63, 3.8) is 0 Å². The Labute approximate surface area is 136 Å². The van der Waals surface area contributed by atoms with Crippen LogP contribution < -0.4 is 5.14 Å². The Morgan fingerprint density at radius 2 is 1.55 bits per heavy atom. The maximum Gasteiger partial charge on any atom is 0.238 e. The van der Waals surface area contributed by atoms with Gasteiger partial charge in [0.15, 0.2) is 4.67 Å². The number of primary sulfonamides is 1. The van der Waals surface area contributed by atoms with E-state index in [1.54, 1.807) is 18.4 Å². The summed E-state index contributed by atoms with van der Waals surface area (Å²) in [5.41, 5.74) is 3.65. The summed E-state index contributed by atoms with van der Waals surface area (Å²) in [7, 11) is -3.69. The molecule has 0 aliphatic rings. The molecule has 0 saturated heterocycles. The SMILES string of the molecule is NS(=O)(=O)c1ccc(-c2coc(Br)c2-c2ccccc2)cc1. The number of halogens is 1. The summed E-state index contributed by atoms with van der Waals surface area (Å²) in [6.07, 6.45) is 1.64. The number of furan rings is 1. The first-order chi connectivity index (χ1) is 10.5. The molecular weight excluding hydrogens is 366 g/mol. The lowest BCUT2D eigenvalue weighted by Gasteiger charge is -2.05. The van der Waals surface area contributed by atoms with Crippen molar-refractivity contribution in [1.29, 1.82) is 0 Å². The lowest BCUT2D eigenvalue weighted by Crippen LogP contribution is -2.11. The highest BCUT2D eigenvalue weighted by Gasteiger charge is 2.16. The van der Waals surface area contributed by atoms with Crippen LogP contribution in [0.2, 0.25) is 0 Å².